The number of pyridine rings is 1. The van der Waals surface area contributed by atoms with E-state index in [0.29, 0.717) is 5.16 Å². The minimum Gasteiger partial charge on any atom is -0.285 e. The van der Waals surface area contributed by atoms with Crippen molar-refractivity contribution in [3.8, 4) is 11.1 Å². The Morgan fingerprint density at radius 2 is 2.13 bits per heavy atom. The van der Waals surface area contributed by atoms with Crippen molar-refractivity contribution >= 4 is 18.3 Å². The highest BCUT2D eigenvalue weighted by Crippen LogP contribution is 2.19. The molecule has 74 valence electrons. The number of thiol groups is 1. The molecule has 0 spiro atoms. The normalized spacial score (nSPS) is 11.0. The molecule has 0 aliphatic carbocycles. The van der Waals surface area contributed by atoms with Crippen LogP contribution in [0.3, 0.4) is 0 Å². The molecule has 0 saturated heterocycles. The summed E-state index contributed by atoms with van der Waals surface area (Å²) in [6.45, 7) is 0. The van der Waals surface area contributed by atoms with Crippen molar-refractivity contribution in [2.75, 3.05) is 0 Å². The van der Waals surface area contributed by atoms with Crippen LogP contribution in [0.1, 0.15) is 0 Å². The van der Waals surface area contributed by atoms with E-state index in [4.69, 9.17) is 0 Å². The summed E-state index contributed by atoms with van der Waals surface area (Å²) < 4.78 is 1.82. The van der Waals surface area contributed by atoms with Gasteiger partial charge in [-0.25, -0.2) is 0 Å². The Bertz CT molecular complexity index is 598. The highest BCUT2D eigenvalue weighted by Gasteiger charge is 2.04. The number of nitrogens with one attached hydrogen (secondary N) is 1. The van der Waals surface area contributed by atoms with Gasteiger partial charge in [-0.15, -0.1) is 22.8 Å². The zero-order valence-electron chi connectivity index (χ0n) is 7.62. The van der Waals surface area contributed by atoms with Gasteiger partial charge in [-0.05, 0) is 12.1 Å². The molecule has 5 nitrogen and oxygen atoms in total. The third-order valence-electron chi connectivity index (χ3n) is 2.22. The van der Waals surface area contributed by atoms with Crippen molar-refractivity contribution in [2.24, 2.45) is 0 Å². The molecule has 6 heteroatoms. The summed E-state index contributed by atoms with van der Waals surface area (Å²) in [6.07, 6.45) is 5.54. The van der Waals surface area contributed by atoms with E-state index in [-0.39, 0.29) is 0 Å². The van der Waals surface area contributed by atoms with Crippen LogP contribution in [0.25, 0.3) is 16.8 Å². The second kappa shape index (κ2) is 3.09. The average molecular weight is 217 g/mol. The van der Waals surface area contributed by atoms with Gasteiger partial charge in [0.05, 0.1) is 6.20 Å². The first-order chi connectivity index (χ1) is 7.34. The first kappa shape index (κ1) is 8.49. The van der Waals surface area contributed by atoms with Crippen LogP contribution >= 0.6 is 12.6 Å². The Balaban J connectivity index is 2.25. The fraction of sp³-hybridized carbons (Fsp3) is 0. The quantitative estimate of drug-likeness (QED) is 0.606. The van der Waals surface area contributed by atoms with Gasteiger partial charge in [-0.2, -0.15) is 5.10 Å². The highest BCUT2D eigenvalue weighted by molar-refractivity contribution is 7.80. The van der Waals surface area contributed by atoms with Gasteiger partial charge in [0.2, 0.25) is 0 Å². The summed E-state index contributed by atoms with van der Waals surface area (Å²) in [5.74, 6) is 0. The molecule has 0 aliphatic rings. The highest BCUT2D eigenvalue weighted by atomic mass is 32.1. The molecule has 0 radical (unpaired) electrons. The van der Waals surface area contributed by atoms with Gasteiger partial charge in [0.1, 0.15) is 0 Å². The summed E-state index contributed by atoms with van der Waals surface area (Å²) in [5, 5.41) is 15.1. The lowest BCUT2D eigenvalue weighted by Gasteiger charge is -1.98. The lowest BCUT2D eigenvalue weighted by atomic mass is 10.2. The molecule has 3 rings (SSSR count). The molecule has 0 fully saturated rings. The maximum Gasteiger partial charge on any atom is 0.192 e. The molecule has 0 aromatic carbocycles. The molecule has 3 aromatic rings. The van der Waals surface area contributed by atoms with Crippen LogP contribution in [0.4, 0.5) is 0 Å². The van der Waals surface area contributed by atoms with Gasteiger partial charge in [0.15, 0.2) is 10.8 Å². The van der Waals surface area contributed by atoms with E-state index in [2.05, 4.69) is 33.0 Å². The monoisotopic (exact) mass is 217 g/mol. The first-order valence-corrected chi connectivity index (χ1v) is 4.82. The topological polar surface area (TPSA) is 58.9 Å². The number of nitrogens with zero attached hydrogens (tertiary/aromatic N) is 4. The van der Waals surface area contributed by atoms with Gasteiger partial charge in [0, 0.05) is 23.5 Å². The van der Waals surface area contributed by atoms with Crippen LogP contribution in [-0.2, 0) is 0 Å². The second-order valence-electron chi connectivity index (χ2n) is 3.13. The first-order valence-electron chi connectivity index (χ1n) is 4.37. The van der Waals surface area contributed by atoms with Crippen molar-refractivity contribution in [1.29, 1.82) is 0 Å². The van der Waals surface area contributed by atoms with E-state index in [1.807, 2.05) is 28.9 Å². The Labute approximate surface area is 90.6 Å². The molecule has 0 saturated carbocycles. The van der Waals surface area contributed by atoms with Gasteiger partial charge in [-0.3, -0.25) is 9.50 Å². The zero-order chi connectivity index (χ0) is 10.3. The maximum atomic E-state index is 4.21. The van der Waals surface area contributed by atoms with E-state index in [1.54, 1.807) is 6.20 Å². The summed E-state index contributed by atoms with van der Waals surface area (Å²) in [5.41, 5.74) is 2.86. The third kappa shape index (κ3) is 1.30. The van der Waals surface area contributed by atoms with Crippen LogP contribution in [0, 0.1) is 0 Å². The van der Waals surface area contributed by atoms with E-state index in [0.717, 1.165) is 16.8 Å². The molecular weight excluding hydrogens is 210 g/mol. The molecule has 3 heterocycles. The largest absolute Gasteiger partial charge is 0.285 e. The lowest BCUT2D eigenvalue weighted by Crippen LogP contribution is -1.86. The van der Waals surface area contributed by atoms with E-state index >= 15 is 0 Å². The average Bonchev–Trinajstić information content (AvgIpc) is 2.88. The molecule has 15 heavy (non-hydrogen) atoms. The van der Waals surface area contributed by atoms with Crippen molar-refractivity contribution in [3.05, 3.63) is 30.7 Å². The van der Waals surface area contributed by atoms with Crippen molar-refractivity contribution in [1.82, 2.24) is 24.8 Å². The van der Waals surface area contributed by atoms with Crippen LogP contribution in [0.15, 0.2) is 35.9 Å². The Kier molecular flexibility index (Phi) is 1.75. The SMILES string of the molecule is Sc1nnc2ccc(-c3cn[nH]c3)cn12. The summed E-state index contributed by atoms with van der Waals surface area (Å²) in [4.78, 5) is 0. The van der Waals surface area contributed by atoms with E-state index < -0.39 is 0 Å². The van der Waals surface area contributed by atoms with Crippen LogP contribution in [-0.4, -0.2) is 24.8 Å². The Hall–Kier alpha value is -1.82. The molecule has 1 N–H and O–H groups in total. The molecule has 0 aliphatic heterocycles. The minimum atomic E-state index is 0.579. The standard InChI is InChI=1S/C9H7N5S/c15-9-13-12-8-2-1-6(5-14(8)9)7-3-10-11-4-7/h1-5H,(H,10,11)(H,13,15). The smallest absolute Gasteiger partial charge is 0.192 e. The number of hydrogen-bond donors (Lipinski definition) is 2. The molecule has 3 aromatic heterocycles. The van der Waals surface area contributed by atoms with Crippen molar-refractivity contribution < 1.29 is 0 Å². The number of aromatic nitrogens is 5. The van der Waals surface area contributed by atoms with Gasteiger partial charge < -0.3 is 0 Å². The number of fused-ring (bicyclic) bond motifs is 1. The number of hydrogen-bond acceptors (Lipinski definition) is 4. The number of aromatic amines is 1. The second-order valence-corrected chi connectivity index (χ2v) is 3.53. The van der Waals surface area contributed by atoms with Crippen LogP contribution < -0.4 is 0 Å². The number of rotatable bonds is 1. The zero-order valence-corrected chi connectivity index (χ0v) is 8.52. The Morgan fingerprint density at radius 1 is 1.20 bits per heavy atom. The summed E-state index contributed by atoms with van der Waals surface area (Å²) in [6, 6.07) is 3.87. The summed E-state index contributed by atoms with van der Waals surface area (Å²) in [7, 11) is 0. The van der Waals surface area contributed by atoms with Gasteiger partial charge in [0.25, 0.3) is 0 Å². The minimum absolute atomic E-state index is 0.579. The van der Waals surface area contributed by atoms with E-state index in [9.17, 15) is 0 Å². The predicted octanol–water partition coefficient (Wildman–Crippen LogP) is 1.41. The fourth-order valence-corrected chi connectivity index (χ4v) is 1.66. The molecule has 0 amide bonds. The van der Waals surface area contributed by atoms with Gasteiger partial charge in [-0.1, -0.05) is 0 Å². The number of H-pyrrole nitrogens is 1. The van der Waals surface area contributed by atoms with E-state index in [1.165, 1.54) is 0 Å². The molecule has 0 bridgehead atoms. The van der Waals surface area contributed by atoms with Crippen LogP contribution in [0.2, 0.25) is 0 Å². The summed E-state index contributed by atoms with van der Waals surface area (Å²) >= 11 is 4.21. The fourth-order valence-electron chi connectivity index (χ4n) is 1.46. The lowest BCUT2D eigenvalue weighted by molar-refractivity contribution is 0.929. The molecular formula is C9H7N5S. The van der Waals surface area contributed by atoms with Gasteiger partial charge >= 0.3 is 0 Å². The molecule has 0 unspecified atom stereocenters. The third-order valence-corrected chi connectivity index (χ3v) is 2.52. The predicted molar refractivity (Wildman–Crippen MR) is 57.8 cm³/mol. The van der Waals surface area contributed by atoms with Crippen LogP contribution in [0.5, 0.6) is 0 Å². The molecule has 0 atom stereocenters. The Morgan fingerprint density at radius 3 is 2.93 bits per heavy atom. The maximum absolute atomic E-state index is 4.21. The van der Waals surface area contributed by atoms with Crippen molar-refractivity contribution in [2.45, 2.75) is 5.16 Å². The van der Waals surface area contributed by atoms with Crippen molar-refractivity contribution in [3.63, 3.8) is 0 Å².